The number of benzene rings is 1. The van der Waals surface area contributed by atoms with Gasteiger partial charge in [-0.05, 0) is 66.6 Å². The topological polar surface area (TPSA) is 127 Å². The molecule has 0 radical (unpaired) electrons. The molecule has 0 aliphatic carbocycles. The molecule has 5 rings (SSSR count). The summed E-state index contributed by atoms with van der Waals surface area (Å²) in [5, 5.41) is 14.2. The van der Waals surface area contributed by atoms with E-state index in [-0.39, 0.29) is 19.0 Å². The zero-order valence-electron chi connectivity index (χ0n) is 23.1. The first kappa shape index (κ1) is 29.4. The summed E-state index contributed by atoms with van der Waals surface area (Å²) >= 11 is 0. The fraction of sp³-hybridized carbons (Fsp3) is 0.500. The lowest BCUT2D eigenvalue weighted by Crippen LogP contribution is -2.41. The van der Waals surface area contributed by atoms with E-state index in [0.717, 1.165) is 16.7 Å². The number of carbonyl (C=O) groups excluding carboxylic acids is 2. The van der Waals surface area contributed by atoms with Crippen LogP contribution in [0.1, 0.15) is 24.8 Å². The van der Waals surface area contributed by atoms with Gasteiger partial charge in [0.15, 0.2) is 0 Å². The minimum atomic E-state index is -4.26. The van der Waals surface area contributed by atoms with Crippen molar-refractivity contribution in [2.24, 2.45) is 5.92 Å². The minimum absolute atomic E-state index is 0.0439. The van der Waals surface area contributed by atoms with E-state index in [1.54, 1.807) is 18.2 Å². The summed E-state index contributed by atoms with van der Waals surface area (Å²) in [4.78, 5) is 46.8. The molecule has 11 nitrogen and oxygen atoms in total. The Morgan fingerprint density at radius 1 is 1.07 bits per heavy atom. The number of alkyl halides is 3. The smallest absolute Gasteiger partial charge is 0.405 e. The van der Waals surface area contributed by atoms with E-state index in [2.05, 4.69) is 15.5 Å². The van der Waals surface area contributed by atoms with Crippen LogP contribution < -0.4 is 20.4 Å². The van der Waals surface area contributed by atoms with Crippen LogP contribution in [0, 0.1) is 12.8 Å². The van der Waals surface area contributed by atoms with E-state index in [1.165, 1.54) is 9.80 Å². The first-order valence-corrected chi connectivity index (χ1v) is 13.9. The molecule has 226 valence electrons. The number of ether oxygens (including phenoxy) is 1. The number of hydrogen-bond acceptors (Lipinski definition) is 6. The number of likely N-dealkylation sites (tertiary alicyclic amines) is 1. The van der Waals surface area contributed by atoms with Crippen LogP contribution in [0.15, 0.2) is 30.3 Å². The third-order valence-corrected chi connectivity index (χ3v) is 7.81. The summed E-state index contributed by atoms with van der Waals surface area (Å²) in [5.74, 6) is 0.0177. The minimum Gasteiger partial charge on any atom is -0.465 e. The number of aryl methyl sites for hydroxylation is 1. The average Bonchev–Trinajstić information content (AvgIpc) is 3.55. The molecular formula is C28H33F3N6O5. The fourth-order valence-corrected chi connectivity index (χ4v) is 5.66. The molecule has 42 heavy (non-hydrogen) atoms. The van der Waals surface area contributed by atoms with Crippen molar-refractivity contribution in [3.63, 3.8) is 0 Å². The number of carbonyl (C=O) groups is 3. The Balaban J connectivity index is 1.41. The lowest BCUT2D eigenvalue weighted by molar-refractivity contribution is -0.143. The van der Waals surface area contributed by atoms with Gasteiger partial charge in [0.05, 0.1) is 13.2 Å². The van der Waals surface area contributed by atoms with Gasteiger partial charge in [-0.15, -0.1) is 0 Å². The van der Waals surface area contributed by atoms with Crippen LogP contribution >= 0.6 is 0 Å². The van der Waals surface area contributed by atoms with E-state index >= 15 is 0 Å². The second-order valence-corrected chi connectivity index (χ2v) is 10.8. The molecule has 4 heterocycles. The van der Waals surface area contributed by atoms with Crippen LogP contribution in [-0.2, 0) is 9.53 Å². The molecule has 3 N–H and O–H groups in total. The molecule has 3 aliphatic heterocycles. The van der Waals surface area contributed by atoms with Gasteiger partial charge in [0.25, 0.3) is 5.91 Å². The van der Waals surface area contributed by atoms with Gasteiger partial charge in [0.1, 0.15) is 17.7 Å². The van der Waals surface area contributed by atoms with Gasteiger partial charge in [-0.25, -0.2) is 14.6 Å². The molecule has 4 amide bonds. The number of hydrogen-bond donors (Lipinski definition) is 3. The third kappa shape index (κ3) is 6.86. The number of nitrogens with zero attached hydrogens (tertiary/aromatic N) is 4. The van der Waals surface area contributed by atoms with E-state index in [4.69, 9.17) is 14.8 Å². The highest BCUT2D eigenvalue weighted by atomic mass is 19.4. The molecule has 2 aromatic rings. The summed E-state index contributed by atoms with van der Waals surface area (Å²) in [7, 11) is 0. The summed E-state index contributed by atoms with van der Waals surface area (Å²) in [6.45, 7) is 4.76. The molecule has 0 saturated carbocycles. The van der Waals surface area contributed by atoms with Crippen molar-refractivity contribution < 1.29 is 37.4 Å². The SMILES string of the molecule is Cc1ccc(NC(=O)N2CC[C@@H](CC(F)(F)F)C2)cc1-c1cc(N2CCOCC2)nc(N2CC[C@@H](NC(=O)O)C2=O)c1. The summed E-state index contributed by atoms with van der Waals surface area (Å²) in [6.07, 6.45) is -5.84. The highest BCUT2D eigenvalue weighted by Crippen LogP contribution is 2.34. The maximum absolute atomic E-state index is 13.1. The van der Waals surface area contributed by atoms with Gasteiger partial charge in [-0.3, -0.25) is 9.69 Å². The maximum Gasteiger partial charge on any atom is 0.405 e. The lowest BCUT2D eigenvalue weighted by Gasteiger charge is -2.29. The number of carboxylic acid groups (broad SMARTS) is 1. The molecule has 3 saturated heterocycles. The normalized spacial score (nSPS) is 21.1. The largest absolute Gasteiger partial charge is 0.465 e. The molecule has 3 fully saturated rings. The highest BCUT2D eigenvalue weighted by molar-refractivity contribution is 6.00. The van der Waals surface area contributed by atoms with E-state index in [9.17, 15) is 27.6 Å². The van der Waals surface area contributed by atoms with Gasteiger partial charge < -0.3 is 30.3 Å². The second kappa shape index (κ2) is 12.0. The van der Waals surface area contributed by atoms with Gasteiger partial charge >= 0.3 is 18.3 Å². The molecule has 3 aliphatic rings. The van der Waals surface area contributed by atoms with Crippen molar-refractivity contribution in [3.05, 3.63) is 35.9 Å². The number of amides is 4. The van der Waals surface area contributed by atoms with Gasteiger partial charge in [-0.2, -0.15) is 13.2 Å². The Kier molecular flexibility index (Phi) is 8.43. The number of aromatic nitrogens is 1. The maximum atomic E-state index is 13.1. The Morgan fingerprint density at radius 2 is 1.81 bits per heavy atom. The molecule has 1 aromatic carbocycles. The second-order valence-electron chi connectivity index (χ2n) is 10.8. The predicted octanol–water partition coefficient (Wildman–Crippen LogP) is 4.07. The molecular weight excluding hydrogens is 557 g/mol. The fourth-order valence-electron chi connectivity index (χ4n) is 5.66. The first-order valence-electron chi connectivity index (χ1n) is 13.9. The standard InChI is InChI=1S/C28H33F3N6O5/c1-17-2-3-20(32-26(39)36-6-4-18(16-36)15-28(29,30)31)14-21(17)19-12-23(35-8-10-42-11-9-35)34-24(13-19)37-7-5-22(25(37)38)33-27(40)41/h2-3,12-14,18,22,33H,4-11,15-16H2,1H3,(H,32,39)(H,40,41)/t18-,22+/m0/s1. The Hall–Kier alpha value is -4.07. The van der Waals surface area contributed by atoms with E-state index in [0.29, 0.717) is 63.0 Å². The zero-order valence-corrected chi connectivity index (χ0v) is 23.1. The van der Waals surface area contributed by atoms with Crippen molar-refractivity contribution in [1.82, 2.24) is 15.2 Å². The van der Waals surface area contributed by atoms with Crippen molar-refractivity contribution in [2.45, 2.75) is 38.4 Å². The summed E-state index contributed by atoms with van der Waals surface area (Å²) in [6, 6.07) is 7.71. The Bertz CT molecular complexity index is 1350. The Morgan fingerprint density at radius 3 is 2.52 bits per heavy atom. The first-order chi connectivity index (χ1) is 20.0. The molecule has 2 atom stereocenters. The number of rotatable bonds is 6. The summed E-state index contributed by atoms with van der Waals surface area (Å²) < 4.78 is 43.9. The monoisotopic (exact) mass is 590 g/mol. The lowest BCUT2D eigenvalue weighted by atomic mass is 10.00. The van der Waals surface area contributed by atoms with Gasteiger partial charge in [-0.1, -0.05) is 6.07 Å². The third-order valence-electron chi connectivity index (χ3n) is 7.81. The highest BCUT2D eigenvalue weighted by Gasteiger charge is 2.37. The number of anilines is 3. The number of nitrogens with one attached hydrogen (secondary N) is 2. The molecule has 14 heteroatoms. The van der Waals surface area contributed by atoms with Crippen LogP contribution in [0.3, 0.4) is 0 Å². The average molecular weight is 591 g/mol. The van der Waals surface area contributed by atoms with Crippen LogP contribution in [0.2, 0.25) is 0 Å². The van der Waals surface area contributed by atoms with Crippen LogP contribution in [0.25, 0.3) is 11.1 Å². The van der Waals surface area contributed by atoms with Crippen molar-refractivity contribution in [3.8, 4) is 11.1 Å². The van der Waals surface area contributed by atoms with Crippen LogP contribution in [0.4, 0.5) is 40.1 Å². The van der Waals surface area contributed by atoms with Gasteiger partial charge in [0.2, 0.25) is 0 Å². The van der Waals surface area contributed by atoms with E-state index < -0.39 is 36.7 Å². The quantitative estimate of drug-likeness (QED) is 0.463. The van der Waals surface area contributed by atoms with Crippen molar-refractivity contribution >= 4 is 35.4 Å². The summed E-state index contributed by atoms with van der Waals surface area (Å²) in [5.41, 5.74) is 2.88. The molecule has 0 spiro atoms. The number of halogens is 3. The number of pyridine rings is 1. The van der Waals surface area contributed by atoms with Crippen molar-refractivity contribution in [1.29, 1.82) is 0 Å². The molecule has 1 aromatic heterocycles. The molecule has 0 unspecified atom stereocenters. The molecule has 0 bridgehead atoms. The van der Waals surface area contributed by atoms with Crippen LogP contribution in [-0.4, -0.2) is 91.2 Å². The van der Waals surface area contributed by atoms with Gasteiger partial charge in [0, 0.05) is 44.8 Å². The number of urea groups is 1. The Labute approximate surface area is 240 Å². The number of morpholine rings is 1. The zero-order chi connectivity index (χ0) is 30.0. The predicted molar refractivity (Wildman–Crippen MR) is 149 cm³/mol. The van der Waals surface area contributed by atoms with Crippen molar-refractivity contribution in [2.75, 3.05) is 61.1 Å². The van der Waals surface area contributed by atoms with E-state index in [1.807, 2.05) is 19.1 Å². The van der Waals surface area contributed by atoms with Crippen LogP contribution in [0.5, 0.6) is 0 Å².